The monoisotopic (exact) mass is 531 g/mol. The maximum Gasteiger partial charge on any atom is 0.416 e. The van der Waals surface area contributed by atoms with Gasteiger partial charge in [0.15, 0.2) is 0 Å². The van der Waals surface area contributed by atoms with Crippen LogP contribution in [0.3, 0.4) is 0 Å². The zero-order valence-electron chi connectivity index (χ0n) is 20.5. The van der Waals surface area contributed by atoms with Crippen molar-refractivity contribution >= 4 is 23.5 Å². The molecule has 200 valence electrons. The van der Waals surface area contributed by atoms with Crippen LogP contribution < -0.4 is 10.2 Å². The SMILES string of the molecule is CN1C(=O)N[C@@H](c2ccc(F)cc2)C2=C1CN(CC(=O)N1CCN(c3cccc(C(F)(F)F)c3)CC1)C2=O. The number of piperazine rings is 1. The predicted octanol–water partition coefficient (Wildman–Crippen LogP) is 2.99. The van der Waals surface area contributed by atoms with Crippen molar-refractivity contribution in [1.29, 1.82) is 0 Å². The van der Waals surface area contributed by atoms with E-state index in [1.807, 2.05) is 0 Å². The topological polar surface area (TPSA) is 76.2 Å². The van der Waals surface area contributed by atoms with Gasteiger partial charge < -0.3 is 20.0 Å². The molecule has 38 heavy (non-hydrogen) atoms. The van der Waals surface area contributed by atoms with Crippen molar-refractivity contribution in [2.24, 2.45) is 0 Å². The van der Waals surface area contributed by atoms with E-state index < -0.39 is 35.5 Å². The molecule has 0 radical (unpaired) electrons. The summed E-state index contributed by atoms with van der Waals surface area (Å²) >= 11 is 0. The maximum atomic E-state index is 13.4. The standard InChI is InChI=1S/C26H25F4N5O3/c1-32-20-14-35(24(37)22(20)23(31-25(32)38)16-5-7-18(27)8-6-16)15-21(36)34-11-9-33(10-12-34)19-4-2-3-17(13-19)26(28,29)30/h2-8,13,23H,9-12,14-15H2,1H3,(H,31,38)/t23-/m0/s1. The third-order valence-corrected chi connectivity index (χ3v) is 7.14. The molecule has 1 saturated heterocycles. The molecule has 2 aromatic carbocycles. The van der Waals surface area contributed by atoms with Crippen LogP contribution in [0.1, 0.15) is 17.2 Å². The van der Waals surface area contributed by atoms with E-state index in [9.17, 15) is 31.9 Å². The summed E-state index contributed by atoms with van der Waals surface area (Å²) in [4.78, 5) is 45.0. The minimum atomic E-state index is -4.44. The molecule has 2 aromatic rings. The van der Waals surface area contributed by atoms with E-state index in [2.05, 4.69) is 5.32 Å². The van der Waals surface area contributed by atoms with Crippen LogP contribution in [0.25, 0.3) is 0 Å². The number of halogens is 4. The molecular formula is C26H25F4N5O3. The van der Waals surface area contributed by atoms with Gasteiger partial charge in [0.05, 0.1) is 29.4 Å². The van der Waals surface area contributed by atoms with E-state index in [4.69, 9.17) is 0 Å². The van der Waals surface area contributed by atoms with Gasteiger partial charge in [0, 0.05) is 38.9 Å². The zero-order valence-corrected chi connectivity index (χ0v) is 20.5. The van der Waals surface area contributed by atoms with Gasteiger partial charge in [-0.2, -0.15) is 13.2 Å². The van der Waals surface area contributed by atoms with Gasteiger partial charge in [0.25, 0.3) is 5.91 Å². The lowest BCUT2D eigenvalue weighted by Gasteiger charge is -2.37. The quantitative estimate of drug-likeness (QED) is 0.616. The molecule has 0 aromatic heterocycles. The van der Waals surface area contributed by atoms with Gasteiger partial charge in [0.1, 0.15) is 12.4 Å². The highest BCUT2D eigenvalue weighted by molar-refractivity contribution is 6.03. The van der Waals surface area contributed by atoms with Gasteiger partial charge in [-0.25, -0.2) is 9.18 Å². The molecule has 1 fully saturated rings. The van der Waals surface area contributed by atoms with E-state index in [1.54, 1.807) is 15.9 Å². The van der Waals surface area contributed by atoms with Crippen molar-refractivity contribution in [1.82, 2.24) is 20.0 Å². The Morgan fingerprint density at radius 1 is 1.03 bits per heavy atom. The smallest absolute Gasteiger partial charge is 0.368 e. The fourth-order valence-corrected chi connectivity index (χ4v) is 5.01. The number of nitrogens with zero attached hydrogens (tertiary/aromatic N) is 4. The van der Waals surface area contributed by atoms with E-state index in [0.717, 1.165) is 12.1 Å². The van der Waals surface area contributed by atoms with E-state index in [1.165, 1.54) is 47.2 Å². The van der Waals surface area contributed by atoms with Crippen molar-refractivity contribution in [2.75, 3.05) is 51.2 Å². The summed E-state index contributed by atoms with van der Waals surface area (Å²) in [5.74, 6) is -1.13. The zero-order chi connectivity index (χ0) is 27.2. The van der Waals surface area contributed by atoms with Crippen LogP contribution in [0.2, 0.25) is 0 Å². The van der Waals surface area contributed by atoms with Crippen LogP contribution in [-0.2, 0) is 15.8 Å². The number of carbonyl (C=O) groups is 3. The van der Waals surface area contributed by atoms with Crippen molar-refractivity contribution in [2.45, 2.75) is 12.2 Å². The van der Waals surface area contributed by atoms with Crippen LogP contribution >= 0.6 is 0 Å². The van der Waals surface area contributed by atoms with Gasteiger partial charge in [-0.05, 0) is 35.9 Å². The van der Waals surface area contributed by atoms with E-state index in [-0.39, 0.29) is 19.0 Å². The number of benzene rings is 2. The molecule has 3 aliphatic rings. The molecular weight excluding hydrogens is 506 g/mol. The summed E-state index contributed by atoms with van der Waals surface area (Å²) in [7, 11) is 1.54. The summed E-state index contributed by atoms with van der Waals surface area (Å²) in [6, 6.07) is 9.41. The Kier molecular flexibility index (Phi) is 6.49. The fourth-order valence-electron chi connectivity index (χ4n) is 5.01. The summed E-state index contributed by atoms with van der Waals surface area (Å²) in [6.45, 7) is 1.16. The normalized spacial score (nSPS) is 20.2. The van der Waals surface area contributed by atoms with Crippen molar-refractivity contribution in [3.05, 3.63) is 76.7 Å². The Hall–Kier alpha value is -4.09. The Balaban J connectivity index is 1.24. The maximum absolute atomic E-state index is 13.4. The second-order valence-corrected chi connectivity index (χ2v) is 9.43. The first-order chi connectivity index (χ1) is 18.0. The molecule has 0 spiro atoms. The average molecular weight is 532 g/mol. The highest BCUT2D eigenvalue weighted by atomic mass is 19.4. The van der Waals surface area contributed by atoms with Crippen LogP contribution in [0.15, 0.2) is 59.8 Å². The molecule has 4 amide bonds. The Bertz CT molecular complexity index is 1300. The molecule has 1 atom stereocenters. The van der Waals surface area contributed by atoms with Crippen LogP contribution in [0.5, 0.6) is 0 Å². The van der Waals surface area contributed by atoms with Crippen LogP contribution in [0, 0.1) is 5.82 Å². The first-order valence-corrected chi connectivity index (χ1v) is 12.0. The highest BCUT2D eigenvalue weighted by Gasteiger charge is 2.43. The minimum absolute atomic E-state index is 0.0751. The molecule has 0 unspecified atom stereocenters. The van der Waals surface area contributed by atoms with Crippen LogP contribution in [0.4, 0.5) is 28.0 Å². The lowest BCUT2D eigenvalue weighted by atomic mass is 9.96. The predicted molar refractivity (Wildman–Crippen MR) is 129 cm³/mol. The third-order valence-electron chi connectivity index (χ3n) is 7.14. The van der Waals surface area contributed by atoms with Crippen molar-refractivity contribution < 1.29 is 31.9 Å². The number of amides is 4. The third kappa shape index (κ3) is 4.77. The summed E-state index contributed by atoms with van der Waals surface area (Å²) < 4.78 is 52.7. The Morgan fingerprint density at radius 2 is 1.71 bits per heavy atom. The number of rotatable bonds is 4. The van der Waals surface area contributed by atoms with Gasteiger partial charge in [-0.3, -0.25) is 14.5 Å². The molecule has 3 aliphatic heterocycles. The average Bonchev–Trinajstić information content (AvgIpc) is 3.22. The largest absolute Gasteiger partial charge is 0.416 e. The molecule has 12 heteroatoms. The number of likely N-dealkylation sites (N-methyl/N-ethyl adjacent to an activating group) is 1. The summed E-state index contributed by atoms with van der Waals surface area (Å²) in [6.07, 6.45) is -4.44. The number of hydrogen-bond acceptors (Lipinski definition) is 4. The number of hydrogen-bond donors (Lipinski definition) is 1. The number of carbonyl (C=O) groups excluding carboxylic acids is 3. The first-order valence-electron chi connectivity index (χ1n) is 12.0. The first kappa shape index (κ1) is 25.6. The summed E-state index contributed by atoms with van der Waals surface area (Å²) in [5, 5.41) is 2.76. The van der Waals surface area contributed by atoms with Crippen molar-refractivity contribution in [3.8, 4) is 0 Å². The van der Waals surface area contributed by atoms with Gasteiger partial charge in [-0.1, -0.05) is 18.2 Å². The second-order valence-electron chi connectivity index (χ2n) is 9.43. The molecule has 8 nitrogen and oxygen atoms in total. The number of alkyl halides is 3. The second kappa shape index (κ2) is 9.66. The fraction of sp³-hybridized carbons (Fsp3) is 0.346. The number of anilines is 1. The van der Waals surface area contributed by atoms with E-state index >= 15 is 0 Å². The van der Waals surface area contributed by atoms with Gasteiger partial charge in [-0.15, -0.1) is 0 Å². The lowest BCUT2D eigenvalue weighted by molar-refractivity contribution is -0.137. The molecule has 0 aliphatic carbocycles. The van der Waals surface area contributed by atoms with E-state index in [0.29, 0.717) is 48.7 Å². The van der Waals surface area contributed by atoms with Crippen molar-refractivity contribution in [3.63, 3.8) is 0 Å². The number of urea groups is 1. The summed E-state index contributed by atoms with van der Waals surface area (Å²) in [5.41, 5.74) is 1.07. The lowest BCUT2D eigenvalue weighted by Crippen LogP contribution is -2.51. The van der Waals surface area contributed by atoms with Crippen LogP contribution in [-0.4, -0.2) is 78.9 Å². The Morgan fingerprint density at radius 3 is 2.37 bits per heavy atom. The van der Waals surface area contributed by atoms with Gasteiger partial charge in [0.2, 0.25) is 5.91 Å². The molecule has 0 saturated carbocycles. The molecule has 1 N–H and O–H groups in total. The Labute approximate surface area is 216 Å². The minimum Gasteiger partial charge on any atom is -0.368 e. The molecule has 0 bridgehead atoms. The molecule has 3 heterocycles. The number of nitrogens with one attached hydrogen (secondary N) is 1. The van der Waals surface area contributed by atoms with Gasteiger partial charge >= 0.3 is 12.2 Å². The molecule has 5 rings (SSSR count). The highest BCUT2D eigenvalue weighted by Crippen LogP contribution is 2.36.